The SMILES string of the molecule is C=CC(=O)N1CC(Cn2c(=O)c(=O)[nH]c3cc(-c4cc(O)cc5ccccc45)c(F)cc32)C1. The van der Waals surface area contributed by atoms with E-state index in [-0.39, 0.29) is 35.2 Å². The van der Waals surface area contributed by atoms with Crippen LogP contribution in [0.5, 0.6) is 5.75 Å². The van der Waals surface area contributed by atoms with Crippen molar-refractivity contribution < 1.29 is 14.3 Å². The zero-order valence-corrected chi connectivity index (χ0v) is 17.5. The van der Waals surface area contributed by atoms with Crippen molar-refractivity contribution in [3.8, 4) is 16.9 Å². The molecule has 0 spiro atoms. The lowest BCUT2D eigenvalue weighted by atomic mass is 9.96. The Balaban J connectivity index is 1.62. The van der Waals surface area contributed by atoms with Crippen LogP contribution in [0.1, 0.15) is 0 Å². The molecule has 0 atom stereocenters. The van der Waals surface area contributed by atoms with E-state index in [1.807, 2.05) is 24.3 Å². The number of benzene rings is 3. The second-order valence-electron chi connectivity index (χ2n) is 8.25. The van der Waals surface area contributed by atoms with Gasteiger partial charge in [0, 0.05) is 37.2 Å². The first-order valence-electron chi connectivity index (χ1n) is 10.5. The molecule has 1 saturated heterocycles. The van der Waals surface area contributed by atoms with Gasteiger partial charge in [0.1, 0.15) is 11.6 Å². The topological polar surface area (TPSA) is 95.4 Å². The van der Waals surface area contributed by atoms with Crippen molar-refractivity contribution in [2.24, 2.45) is 5.92 Å². The number of nitrogens with zero attached hydrogens (tertiary/aromatic N) is 2. The van der Waals surface area contributed by atoms with Crippen LogP contribution >= 0.6 is 0 Å². The number of phenolic OH excluding ortho intramolecular Hbond substituents is 1. The first kappa shape index (κ1) is 20.7. The van der Waals surface area contributed by atoms with Gasteiger partial charge in [-0.3, -0.25) is 14.4 Å². The number of likely N-dealkylation sites (tertiary alicyclic amines) is 1. The van der Waals surface area contributed by atoms with Gasteiger partial charge in [-0.15, -0.1) is 0 Å². The molecule has 5 rings (SSSR count). The van der Waals surface area contributed by atoms with E-state index in [1.54, 1.807) is 11.0 Å². The second kappa shape index (κ2) is 7.74. The fraction of sp³-hybridized carbons (Fsp3) is 0.160. The maximum absolute atomic E-state index is 15.4. The number of hydrogen-bond donors (Lipinski definition) is 2. The highest BCUT2D eigenvalue weighted by molar-refractivity contribution is 5.99. The number of halogens is 1. The lowest BCUT2D eigenvalue weighted by molar-refractivity contribution is -0.132. The Morgan fingerprint density at radius 3 is 2.67 bits per heavy atom. The zero-order valence-electron chi connectivity index (χ0n) is 17.5. The fourth-order valence-corrected chi connectivity index (χ4v) is 4.45. The van der Waals surface area contributed by atoms with E-state index in [4.69, 9.17) is 0 Å². The van der Waals surface area contributed by atoms with Crippen molar-refractivity contribution in [1.82, 2.24) is 14.5 Å². The average Bonchev–Trinajstić information content (AvgIpc) is 2.77. The van der Waals surface area contributed by atoms with Crippen LogP contribution in [-0.2, 0) is 11.3 Å². The Bertz CT molecular complexity index is 1560. The molecule has 7 nitrogen and oxygen atoms in total. The second-order valence-corrected chi connectivity index (χ2v) is 8.25. The van der Waals surface area contributed by atoms with Gasteiger partial charge in [-0.1, -0.05) is 30.8 Å². The molecule has 0 saturated carbocycles. The molecule has 0 aliphatic carbocycles. The summed E-state index contributed by atoms with van der Waals surface area (Å²) in [5.41, 5.74) is -0.339. The standard InChI is InChI=1S/C25H20FN3O4/c1-2-23(31)28-11-14(12-28)13-29-22-10-20(26)19(9-21(22)27-24(32)25(29)33)18-8-16(30)7-15-5-3-4-6-17(15)18/h2-10,14,30H,1,11-13H2,(H,27,32). The molecule has 2 heterocycles. The van der Waals surface area contributed by atoms with E-state index >= 15 is 4.39 Å². The van der Waals surface area contributed by atoms with E-state index in [2.05, 4.69) is 11.6 Å². The number of carbonyl (C=O) groups is 1. The van der Waals surface area contributed by atoms with Crippen molar-refractivity contribution in [3.05, 3.63) is 87.7 Å². The van der Waals surface area contributed by atoms with Crippen molar-refractivity contribution in [2.75, 3.05) is 13.1 Å². The third-order valence-electron chi connectivity index (χ3n) is 6.08. The molecule has 3 aromatic carbocycles. The molecule has 1 aliphatic heterocycles. The predicted molar refractivity (Wildman–Crippen MR) is 124 cm³/mol. The average molecular weight is 445 g/mol. The summed E-state index contributed by atoms with van der Waals surface area (Å²) in [6.45, 7) is 4.51. The molecule has 0 unspecified atom stereocenters. The lowest BCUT2D eigenvalue weighted by Gasteiger charge is -2.39. The van der Waals surface area contributed by atoms with E-state index in [0.717, 1.165) is 10.8 Å². The Labute approximate surface area is 187 Å². The number of hydrogen-bond acceptors (Lipinski definition) is 4. The summed E-state index contributed by atoms with van der Waals surface area (Å²) in [5.74, 6) is -0.821. The molecular formula is C25H20FN3O4. The first-order chi connectivity index (χ1) is 15.9. The summed E-state index contributed by atoms with van der Waals surface area (Å²) in [4.78, 5) is 40.8. The van der Waals surface area contributed by atoms with E-state index in [1.165, 1.54) is 28.8 Å². The van der Waals surface area contributed by atoms with Gasteiger partial charge in [-0.2, -0.15) is 0 Å². The normalized spacial score (nSPS) is 13.9. The van der Waals surface area contributed by atoms with Gasteiger partial charge in [-0.05, 0) is 40.6 Å². The van der Waals surface area contributed by atoms with Gasteiger partial charge < -0.3 is 19.6 Å². The van der Waals surface area contributed by atoms with Crippen LogP contribution in [0.2, 0.25) is 0 Å². The van der Waals surface area contributed by atoms with Crippen LogP contribution in [0.3, 0.4) is 0 Å². The fourth-order valence-electron chi connectivity index (χ4n) is 4.45. The van der Waals surface area contributed by atoms with E-state index < -0.39 is 16.9 Å². The van der Waals surface area contributed by atoms with Crippen molar-refractivity contribution in [1.29, 1.82) is 0 Å². The Morgan fingerprint density at radius 1 is 1.15 bits per heavy atom. The molecule has 2 N–H and O–H groups in total. The number of fused-ring (bicyclic) bond motifs is 2. The van der Waals surface area contributed by atoms with Gasteiger partial charge >= 0.3 is 11.1 Å². The number of nitrogens with one attached hydrogen (secondary N) is 1. The van der Waals surface area contributed by atoms with Crippen LogP contribution in [0.4, 0.5) is 4.39 Å². The zero-order chi connectivity index (χ0) is 23.3. The van der Waals surface area contributed by atoms with E-state index in [0.29, 0.717) is 24.2 Å². The molecule has 1 fully saturated rings. The number of aromatic hydroxyl groups is 1. The number of aromatic amines is 1. The van der Waals surface area contributed by atoms with Crippen LogP contribution in [0.25, 0.3) is 32.9 Å². The number of carbonyl (C=O) groups excluding carboxylic acids is 1. The summed E-state index contributed by atoms with van der Waals surface area (Å²) >= 11 is 0. The number of amides is 1. The molecule has 1 aromatic heterocycles. The summed E-state index contributed by atoms with van der Waals surface area (Å²) in [7, 11) is 0. The Morgan fingerprint density at radius 2 is 1.91 bits per heavy atom. The first-order valence-corrected chi connectivity index (χ1v) is 10.5. The van der Waals surface area contributed by atoms with Crippen LogP contribution in [-0.4, -0.2) is 38.6 Å². The molecule has 8 heteroatoms. The van der Waals surface area contributed by atoms with Crippen molar-refractivity contribution >= 4 is 27.7 Å². The molecule has 166 valence electrons. The monoisotopic (exact) mass is 445 g/mol. The van der Waals surface area contributed by atoms with Crippen LogP contribution in [0, 0.1) is 11.7 Å². The summed E-state index contributed by atoms with van der Waals surface area (Å²) in [6, 6.07) is 13.1. The van der Waals surface area contributed by atoms with Crippen LogP contribution in [0.15, 0.2) is 70.8 Å². The van der Waals surface area contributed by atoms with Gasteiger partial charge in [-0.25, -0.2) is 4.39 Å². The molecule has 4 aromatic rings. The lowest BCUT2D eigenvalue weighted by Crippen LogP contribution is -2.52. The van der Waals surface area contributed by atoms with Gasteiger partial charge in [0.15, 0.2) is 0 Å². The summed E-state index contributed by atoms with van der Waals surface area (Å²) in [5, 5.41) is 11.6. The maximum atomic E-state index is 15.4. The molecule has 1 aliphatic rings. The smallest absolute Gasteiger partial charge is 0.316 e. The Kier molecular flexibility index (Phi) is 4.85. The highest BCUT2D eigenvalue weighted by Gasteiger charge is 2.30. The number of H-pyrrole nitrogens is 1. The highest BCUT2D eigenvalue weighted by Crippen LogP contribution is 2.35. The van der Waals surface area contributed by atoms with Gasteiger partial charge in [0.25, 0.3) is 0 Å². The number of aromatic nitrogens is 2. The predicted octanol–water partition coefficient (Wildman–Crippen LogP) is 3.00. The molecule has 0 radical (unpaired) electrons. The largest absolute Gasteiger partial charge is 0.508 e. The van der Waals surface area contributed by atoms with Gasteiger partial charge in [0.05, 0.1) is 11.0 Å². The molecule has 33 heavy (non-hydrogen) atoms. The highest BCUT2D eigenvalue weighted by atomic mass is 19.1. The molecular weight excluding hydrogens is 425 g/mol. The number of rotatable bonds is 4. The minimum absolute atomic E-state index is 0.00901. The summed E-state index contributed by atoms with van der Waals surface area (Å²) < 4.78 is 16.6. The minimum Gasteiger partial charge on any atom is -0.508 e. The third-order valence-corrected chi connectivity index (χ3v) is 6.08. The van der Waals surface area contributed by atoms with Crippen molar-refractivity contribution in [2.45, 2.75) is 6.54 Å². The molecule has 1 amide bonds. The molecule has 0 bridgehead atoms. The van der Waals surface area contributed by atoms with Crippen LogP contribution < -0.4 is 11.1 Å². The van der Waals surface area contributed by atoms with E-state index in [9.17, 15) is 19.5 Å². The third kappa shape index (κ3) is 3.49. The number of phenols is 1. The Hall–Kier alpha value is -4.20. The minimum atomic E-state index is -0.806. The summed E-state index contributed by atoms with van der Waals surface area (Å²) in [6.07, 6.45) is 1.23. The maximum Gasteiger partial charge on any atom is 0.316 e. The van der Waals surface area contributed by atoms with Crippen molar-refractivity contribution in [3.63, 3.8) is 0 Å². The van der Waals surface area contributed by atoms with Gasteiger partial charge in [0.2, 0.25) is 5.91 Å². The quantitative estimate of drug-likeness (QED) is 0.373.